The largest absolute Gasteiger partial charge is 0.338 e. The number of carbonyl (C=O) groups excluding carboxylic acids is 2. The lowest BCUT2D eigenvalue weighted by Crippen LogP contribution is -2.56. The lowest BCUT2D eigenvalue weighted by Gasteiger charge is -2.35. The average molecular weight is 370 g/mol. The van der Waals surface area contributed by atoms with Gasteiger partial charge in [-0.05, 0) is 38.0 Å². The van der Waals surface area contributed by atoms with Gasteiger partial charge in [0.25, 0.3) is 5.91 Å². The quantitative estimate of drug-likeness (QED) is 0.870. The van der Waals surface area contributed by atoms with E-state index >= 15 is 0 Å². The van der Waals surface area contributed by atoms with Crippen LogP contribution in [0.3, 0.4) is 0 Å². The number of piperazine rings is 1. The summed E-state index contributed by atoms with van der Waals surface area (Å²) in [6.45, 7) is 4.82. The molecule has 130 valence electrons. The number of rotatable bonds is 2. The highest BCUT2D eigenvalue weighted by atomic mass is 35.5. The Balaban J connectivity index is 1.75. The van der Waals surface area contributed by atoms with Crippen LogP contribution < -0.4 is 5.32 Å². The van der Waals surface area contributed by atoms with E-state index in [0.29, 0.717) is 41.7 Å². The van der Waals surface area contributed by atoms with Crippen LogP contribution in [0, 0.1) is 0 Å². The van der Waals surface area contributed by atoms with Gasteiger partial charge in [0.15, 0.2) is 0 Å². The van der Waals surface area contributed by atoms with Crippen LogP contribution in [-0.2, 0) is 4.79 Å². The molecule has 0 spiro atoms. The van der Waals surface area contributed by atoms with E-state index in [1.807, 2.05) is 4.90 Å². The summed E-state index contributed by atoms with van der Waals surface area (Å²) in [5.74, 6) is -0.109. The Morgan fingerprint density at radius 1 is 1.21 bits per heavy atom. The van der Waals surface area contributed by atoms with Crippen LogP contribution in [0.4, 0.5) is 0 Å². The monoisotopic (exact) mass is 369 g/mol. The summed E-state index contributed by atoms with van der Waals surface area (Å²) in [5.41, 5.74) is 0.470. The van der Waals surface area contributed by atoms with Gasteiger partial charge >= 0.3 is 0 Å². The number of nitrogens with zero attached hydrogens (tertiary/aromatic N) is 2. The molecule has 2 saturated heterocycles. The Kier molecular flexibility index (Phi) is 5.33. The maximum atomic E-state index is 12.9. The van der Waals surface area contributed by atoms with Gasteiger partial charge in [-0.1, -0.05) is 23.2 Å². The molecule has 1 aromatic rings. The van der Waals surface area contributed by atoms with Gasteiger partial charge in [0.05, 0.1) is 10.0 Å². The molecular formula is C17H21Cl2N3O2. The molecule has 0 bridgehead atoms. The van der Waals surface area contributed by atoms with E-state index < -0.39 is 0 Å². The van der Waals surface area contributed by atoms with E-state index in [4.69, 9.17) is 23.2 Å². The summed E-state index contributed by atoms with van der Waals surface area (Å²) in [4.78, 5) is 29.2. The molecule has 0 radical (unpaired) electrons. The standard InChI is InChI=1S/C17H21Cl2N3O2/c1-11-10-21(8-6-20-11)17(24)15-3-2-7-22(15)16(23)12-4-5-13(18)14(19)9-12/h4-5,9,11,15,20H,2-3,6-8,10H2,1H3. The molecule has 2 heterocycles. The molecule has 7 heteroatoms. The zero-order chi connectivity index (χ0) is 17.3. The van der Waals surface area contributed by atoms with E-state index in [0.717, 1.165) is 13.0 Å². The summed E-state index contributed by atoms with van der Waals surface area (Å²) >= 11 is 11.9. The van der Waals surface area contributed by atoms with Crippen LogP contribution in [0.15, 0.2) is 18.2 Å². The Hall–Kier alpha value is -1.30. The van der Waals surface area contributed by atoms with Crippen molar-refractivity contribution in [2.75, 3.05) is 26.2 Å². The molecule has 2 aliphatic rings. The number of halogens is 2. The lowest BCUT2D eigenvalue weighted by atomic mass is 10.1. The zero-order valence-corrected chi connectivity index (χ0v) is 15.1. The molecule has 0 saturated carbocycles. The lowest BCUT2D eigenvalue weighted by molar-refractivity contribution is -0.136. The number of hydrogen-bond donors (Lipinski definition) is 1. The zero-order valence-electron chi connectivity index (χ0n) is 13.6. The van der Waals surface area contributed by atoms with Crippen LogP contribution in [0.2, 0.25) is 10.0 Å². The summed E-state index contributed by atoms with van der Waals surface area (Å²) < 4.78 is 0. The van der Waals surface area contributed by atoms with Crippen LogP contribution in [0.1, 0.15) is 30.1 Å². The van der Waals surface area contributed by atoms with E-state index in [-0.39, 0.29) is 23.9 Å². The second-order valence-corrected chi connectivity index (χ2v) is 7.24. The SMILES string of the molecule is CC1CN(C(=O)C2CCCN2C(=O)c2ccc(Cl)c(Cl)c2)CCN1. The predicted molar refractivity (Wildman–Crippen MR) is 94.6 cm³/mol. The third kappa shape index (κ3) is 3.53. The fraction of sp³-hybridized carbons (Fsp3) is 0.529. The van der Waals surface area contributed by atoms with Crippen molar-refractivity contribution in [2.45, 2.75) is 31.8 Å². The molecule has 1 N–H and O–H groups in total. The van der Waals surface area contributed by atoms with E-state index in [1.165, 1.54) is 0 Å². The third-order valence-electron chi connectivity index (χ3n) is 4.65. The van der Waals surface area contributed by atoms with Crippen molar-refractivity contribution in [3.63, 3.8) is 0 Å². The molecule has 0 aliphatic carbocycles. The van der Waals surface area contributed by atoms with Crippen LogP contribution in [0.5, 0.6) is 0 Å². The van der Waals surface area contributed by atoms with Gasteiger partial charge in [0.2, 0.25) is 5.91 Å². The molecule has 2 fully saturated rings. The molecule has 2 aliphatic heterocycles. The van der Waals surface area contributed by atoms with E-state index in [9.17, 15) is 9.59 Å². The van der Waals surface area contributed by atoms with Gasteiger partial charge in [-0.25, -0.2) is 0 Å². The minimum atomic E-state index is -0.378. The first-order chi connectivity index (χ1) is 11.5. The fourth-order valence-electron chi connectivity index (χ4n) is 3.40. The summed E-state index contributed by atoms with van der Waals surface area (Å²) in [6, 6.07) is 4.74. The van der Waals surface area contributed by atoms with Crippen molar-refractivity contribution < 1.29 is 9.59 Å². The Morgan fingerprint density at radius 3 is 2.71 bits per heavy atom. The Bertz CT molecular complexity index is 653. The first kappa shape index (κ1) is 17.5. The minimum absolute atomic E-state index is 0.0502. The van der Waals surface area contributed by atoms with Crippen molar-refractivity contribution in [1.82, 2.24) is 15.1 Å². The number of amides is 2. The summed E-state index contributed by atoms with van der Waals surface area (Å²) in [5, 5.41) is 4.09. The molecule has 3 rings (SSSR count). The second-order valence-electron chi connectivity index (χ2n) is 6.42. The molecule has 2 unspecified atom stereocenters. The summed E-state index contributed by atoms with van der Waals surface area (Å²) in [6.07, 6.45) is 1.55. The number of hydrogen-bond acceptors (Lipinski definition) is 3. The number of carbonyl (C=O) groups is 2. The smallest absolute Gasteiger partial charge is 0.254 e. The average Bonchev–Trinajstić information content (AvgIpc) is 3.05. The topological polar surface area (TPSA) is 52.7 Å². The fourth-order valence-corrected chi connectivity index (χ4v) is 3.70. The third-order valence-corrected chi connectivity index (χ3v) is 5.38. The highest BCUT2D eigenvalue weighted by Gasteiger charge is 2.37. The first-order valence-electron chi connectivity index (χ1n) is 8.25. The van der Waals surface area contributed by atoms with E-state index in [1.54, 1.807) is 23.1 Å². The molecule has 2 amide bonds. The normalized spacial score (nSPS) is 24.3. The Labute approximate surface area is 151 Å². The number of likely N-dealkylation sites (tertiary alicyclic amines) is 1. The highest BCUT2D eigenvalue weighted by Crippen LogP contribution is 2.26. The van der Waals surface area contributed by atoms with E-state index in [2.05, 4.69) is 12.2 Å². The first-order valence-corrected chi connectivity index (χ1v) is 9.01. The van der Waals surface area contributed by atoms with Gasteiger partial charge < -0.3 is 15.1 Å². The maximum absolute atomic E-state index is 12.9. The Morgan fingerprint density at radius 2 is 2.00 bits per heavy atom. The van der Waals surface area contributed by atoms with Crippen LogP contribution >= 0.6 is 23.2 Å². The van der Waals surface area contributed by atoms with Gasteiger partial charge in [-0.2, -0.15) is 0 Å². The predicted octanol–water partition coefficient (Wildman–Crippen LogP) is 2.42. The number of nitrogens with one attached hydrogen (secondary N) is 1. The van der Waals surface area contributed by atoms with Gasteiger partial charge in [0, 0.05) is 37.8 Å². The molecule has 2 atom stereocenters. The van der Waals surface area contributed by atoms with Crippen LogP contribution in [0.25, 0.3) is 0 Å². The molecule has 1 aromatic carbocycles. The molecule has 5 nitrogen and oxygen atoms in total. The molecule has 24 heavy (non-hydrogen) atoms. The number of benzene rings is 1. The summed E-state index contributed by atoms with van der Waals surface area (Å²) in [7, 11) is 0. The van der Waals surface area contributed by atoms with Crippen molar-refractivity contribution in [3.8, 4) is 0 Å². The van der Waals surface area contributed by atoms with Crippen LogP contribution in [-0.4, -0.2) is 59.9 Å². The van der Waals surface area contributed by atoms with Gasteiger partial charge in [-0.15, -0.1) is 0 Å². The minimum Gasteiger partial charge on any atom is -0.338 e. The second kappa shape index (κ2) is 7.30. The van der Waals surface area contributed by atoms with Gasteiger partial charge in [-0.3, -0.25) is 9.59 Å². The van der Waals surface area contributed by atoms with Crippen molar-refractivity contribution in [1.29, 1.82) is 0 Å². The highest BCUT2D eigenvalue weighted by molar-refractivity contribution is 6.42. The molecular weight excluding hydrogens is 349 g/mol. The van der Waals surface area contributed by atoms with Crippen molar-refractivity contribution >= 4 is 35.0 Å². The molecule has 0 aromatic heterocycles. The van der Waals surface area contributed by atoms with Crippen molar-refractivity contribution in [2.24, 2.45) is 0 Å². The maximum Gasteiger partial charge on any atom is 0.254 e. The van der Waals surface area contributed by atoms with Crippen molar-refractivity contribution in [3.05, 3.63) is 33.8 Å². The van der Waals surface area contributed by atoms with Gasteiger partial charge in [0.1, 0.15) is 6.04 Å².